The first-order chi connectivity index (χ1) is 7.56. The molecular weight excluding hydrogens is 210 g/mol. The molecule has 0 unspecified atom stereocenters. The number of carbonyl (C=O) groups excluding carboxylic acids is 1. The van der Waals surface area contributed by atoms with E-state index in [4.69, 9.17) is 5.73 Å². The normalized spacial score (nSPS) is 9.88. The van der Waals surface area contributed by atoms with Gasteiger partial charge in [0.1, 0.15) is 5.69 Å². The minimum Gasteiger partial charge on any atom is -0.378 e. The fourth-order valence-electron chi connectivity index (χ4n) is 1.26. The van der Waals surface area contributed by atoms with Crippen molar-refractivity contribution < 1.29 is 9.72 Å². The fourth-order valence-corrected chi connectivity index (χ4v) is 1.26. The zero-order valence-electron chi connectivity index (χ0n) is 8.90. The molecule has 0 saturated carbocycles. The maximum absolute atomic E-state index is 11.1. The summed E-state index contributed by atoms with van der Waals surface area (Å²) in [6.45, 7) is 2.19. The molecular formula is C10H13N3O3. The van der Waals surface area contributed by atoms with Crippen LogP contribution in [-0.2, 0) is 0 Å². The number of ketones is 1. The maximum Gasteiger partial charge on any atom is 0.293 e. The third-order valence-corrected chi connectivity index (χ3v) is 2.06. The average molecular weight is 223 g/mol. The van der Waals surface area contributed by atoms with Crippen LogP contribution in [-0.4, -0.2) is 23.8 Å². The SMILES string of the molecule is CC(=O)c1ccc(NCCN)c([N+](=O)[O-])c1. The van der Waals surface area contributed by atoms with Crippen LogP contribution in [0.15, 0.2) is 18.2 Å². The number of hydrogen-bond donors (Lipinski definition) is 2. The Balaban J connectivity index is 3.09. The monoisotopic (exact) mass is 223 g/mol. The van der Waals surface area contributed by atoms with E-state index in [1.807, 2.05) is 0 Å². The van der Waals surface area contributed by atoms with Crippen molar-refractivity contribution in [1.29, 1.82) is 0 Å². The molecule has 0 heterocycles. The Bertz CT molecular complexity index is 418. The van der Waals surface area contributed by atoms with Crippen LogP contribution in [0.5, 0.6) is 0 Å². The van der Waals surface area contributed by atoms with Crippen molar-refractivity contribution in [3.63, 3.8) is 0 Å². The second kappa shape index (κ2) is 5.22. The highest BCUT2D eigenvalue weighted by atomic mass is 16.6. The van der Waals surface area contributed by atoms with Crippen molar-refractivity contribution in [2.45, 2.75) is 6.92 Å². The lowest BCUT2D eigenvalue weighted by molar-refractivity contribution is -0.384. The number of anilines is 1. The van der Waals surface area contributed by atoms with Crippen LogP contribution < -0.4 is 11.1 Å². The Morgan fingerprint density at radius 2 is 2.25 bits per heavy atom. The number of nitrogens with two attached hydrogens (primary N) is 1. The van der Waals surface area contributed by atoms with Crippen LogP contribution in [0.1, 0.15) is 17.3 Å². The summed E-state index contributed by atoms with van der Waals surface area (Å²) in [6, 6.07) is 4.33. The third kappa shape index (κ3) is 2.77. The molecule has 0 amide bonds. The first-order valence-corrected chi connectivity index (χ1v) is 4.79. The van der Waals surface area contributed by atoms with E-state index in [0.29, 0.717) is 24.3 Å². The van der Waals surface area contributed by atoms with Gasteiger partial charge in [-0.15, -0.1) is 0 Å². The first kappa shape index (κ1) is 12.1. The lowest BCUT2D eigenvalue weighted by Gasteiger charge is -2.06. The van der Waals surface area contributed by atoms with Gasteiger partial charge in [-0.2, -0.15) is 0 Å². The summed E-state index contributed by atoms with van der Waals surface area (Å²) in [5, 5.41) is 13.6. The summed E-state index contributed by atoms with van der Waals surface area (Å²) in [5.41, 5.74) is 5.88. The predicted molar refractivity (Wildman–Crippen MR) is 60.6 cm³/mol. The van der Waals surface area contributed by atoms with Crippen LogP contribution in [0, 0.1) is 10.1 Å². The van der Waals surface area contributed by atoms with E-state index >= 15 is 0 Å². The molecule has 0 spiro atoms. The molecule has 0 fully saturated rings. The number of rotatable bonds is 5. The average Bonchev–Trinajstić information content (AvgIpc) is 2.25. The summed E-state index contributed by atoms with van der Waals surface area (Å²) in [5.74, 6) is -0.200. The number of nitro groups is 1. The predicted octanol–water partition coefficient (Wildman–Crippen LogP) is 1.17. The van der Waals surface area contributed by atoms with Crippen molar-refractivity contribution in [2.75, 3.05) is 18.4 Å². The van der Waals surface area contributed by atoms with Gasteiger partial charge in [-0.05, 0) is 19.1 Å². The zero-order chi connectivity index (χ0) is 12.1. The number of nitrogens with zero attached hydrogens (tertiary/aromatic N) is 1. The molecule has 0 bridgehead atoms. The molecule has 0 atom stereocenters. The summed E-state index contributed by atoms with van der Waals surface area (Å²) in [7, 11) is 0. The molecule has 3 N–H and O–H groups in total. The van der Waals surface area contributed by atoms with Crippen molar-refractivity contribution in [2.24, 2.45) is 5.73 Å². The van der Waals surface area contributed by atoms with E-state index in [9.17, 15) is 14.9 Å². The molecule has 0 aromatic heterocycles. The van der Waals surface area contributed by atoms with Crippen LogP contribution in [0.4, 0.5) is 11.4 Å². The molecule has 0 aliphatic heterocycles. The number of Topliss-reactive ketones (excluding diaryl/α,β-unsaturated/α-hetero) is 1. The number of carbonyl (C=O) groups is 1. The summed E-state index contributed by atoms with van der Waals surface area (Å²) < 4.78 is 0. The highest BCUT2D eigenvalue weighted by molar-refractivity contribution is 5.95. The third-order valence-electron chi connectivity index (χ3n) is 2.06. The van der Waals surface area contributed by atoms with Crippen molar-refractivity contribution in [1.82, 2.24) is 0 Å². The molecule has 1 aromatic rings. The van der Waals surface area contributed by atoms with Gasteiger partial charge >= 0.3 is 0 Å². The number of nitrogens with one attached hydrogen (secondary N) is 1. The van der Waals surface area contributed by atoms with Gasteiger partial charge < -0.3 is 11.1 Å². The van der Waals surface area contributed by atoms with Crippen molar-refractivity contribution >= 4 is 17.2 Å². The smallest absolute Gasteiger partial charge is 0.293 e. The van der Waals surface area contributed by atoms with Gasteiger partial charge in [-0.1, -0.05) is 0 Å². The van der Waals surface area contributed by atoms with Gasteiger partial charge in [-0.3, -0.25) is 14.9 Å². The van der Waals surface area contributed by atoms with Crippen molar-refractivity contribution in [3.8, 4) is 0 Å². The molecule has 0 aliphatic carbocycles. The number of nitro benzene ring substituents is 1. The Hall–Kier alpha value is -1.95. The van der Waals surface area contributed by atoms with Crippen LogP contribution >= 0.6 is 0 Å². The maximum atomic E-state index is 11.1. The lowest BCUT2D eigenvalue weighted by atomic mass is 10.1. The molecule has 6 heteroatoms. The Labute approximate surface area is 92.6 Å². The molecule has 1 rings (SSSR count). The second-order valence-corrected chi connectivity index (χ2v) is 3.26. The standard InChI is InChI=1S/C10H13N3O3/c1-7(14)8-2-3-9(12-5-4-11)10(6-8)13(15)16/h2-3,6,12H,4-5,11H2,1H3. The number of benzene rings is 1. The zero-order valence-corrected chi connectivity index (χ0v) is 8.90. The molecule has 16 heavy (non-hydrogen) atoms. The highest BCUT2D eigenvalue weighted by Gasteiger charge is 2.15. The molecule has 86 valence electrons. The van der Waals surface area contributed by atoms with Gasteiger partial charge in [-0.25, -0.2) is 0 Å². The van der Waals surface area contributed by atoms with Gasteiger partial charge in [0.05, 0.1) is 4.92 Å². The van der Waals surface area contributed by atoms with Gasteiger partial charge in [0, 0.05) is 24.7 Å². The fraction of sp³-hybridized carbons (Fsp3) is 0.300. The molecule has 6 nitrogen and oxygen atoms in total. The first-order valence-electron chi connectivity index (χ1n) is 4.79. The van der Waals surface area contributed by atoms with Crippen LogP contribution in [0.2, 0.25) is 0 Å². The van der Waals surface area contributed by atoms with E-state index < -0.39 is 4.92 Å². The molecule has 0 radical (unpaired) electrons. The molecule has 1 aromatic carbocycles. The van der Waals surface area contributed by atoms with E-state index in [1.54, 1.807) is 6.07 Å². The molecule has 0 aliphatic rings. The minimum absolute atomic E-state index is 0.110. The topological polar surface area (TPSA) is 98.3 Å². The Kier molecular flexibility index (Phi) is 3.96. The van der Waals surface area contributed by atoms with Crippen LogP contribution in [0.25, 0.3) is 0 Å². The summed E-state index contributed by atoms with van der Waals surface area (Å²) >= 11 is 0. The lowest BCUT2D eigenvalue weighted by Crippen LogP contribution is -2.14. The van der Waals surface area contributed by atoms with E-state index in [1.165, 1.54) is 19.1 Å². The minimum atomic E-state index is -0.523. The van der Waals surface area contributed by atoms with Crippen molar-refractivity contribution in [3.05, 3.63) is 33.9 Å². The summed E-state index contributed by atoms with van der Waals surface area (Å²) in [4.78, 5) is 21.3. The quantitative estimate of drug-likeness (QED) is 0.443. The largest absolute Gasteiger partial charge is 0.378 e. The van der Waals surface area contributed by atoms with Crippen LogP contribution in [0.3, 0.4) is 0 Å². The van der Waals surface area contributed by atoms with E-state index in [-0.39, 0.29) is 11.5 Å². The molecule has 0 saturated heterocycles. The Morgan fingerprint density at radius 1 is 1.56 bits per heavy atom. The van der Waals surface area contributed by atoms with Gasteiger partial charge in [0.25, 0.3) is 5.69 Å². The van der Waals surface area contributed by atoms with Gasteiger partial charge in [0.2, 0.25) is 0 Å². The second-order valence-electron chi connectivity index (χ2n) is 3.26. The number of hydrogen-bond acceptors (Lipinski definition) is 5. The highest BCUT2D eigenvalue weighted by Crippen LogP contribution is 2.25. The van der Waals surface area contributed by atoms with E-state index in [0.717, 1.165) is 0 Å². The Morgan fingerprint density at radius 3 is 2.75 bits per heavy atom. The van der Waals surface area contributed by atoms with E-state index in [2.05, 4.69) is 5.32 Å². The summed E-state index contributed by atoms with van der Waals surface area (Å²) in [6.07, 6.45) is 0. The van der Waals surface area contributed by atoms with Gasteiger partial charge in [0.15, 0.2) is 5.78 Å².